The zero-order valence-electron chi connectivity index (χ0n) is 10.6. The van der Waals surface area contributed by atoms with Crippen LogP contribution in [0, 0.1) is 10.1 Å². The normalized spacial score (nSPS) is 13.3. The van der Waals surface area contributed by atoms with Crippen molar-refractivity contribution in [1.82, 2.24) is 4.68 Å². The summed E-state index contributed by atoms with van der Waals surface area (Å²) >= 11 is 0. The molecule has 6 heteroatoms. The van der Waals surface area contributed by atoms with Gasteiger partial charge in [-0.15, -0.1) is 9.36 Å². The Kier molecular flexibility index (Phi) is 2.70. The highest BCUT2D eigenvalue weighted by molar-refractivity contribution is 5.69. The van der Waals surface area contributed by atoms with E-state index in [2.05, 4.69) is 0 Å². The molecule has 98 valence electrons. The maximum absolute atomic E-state index is 11.2. The Balaban J connectivity index is 2.14. The number of aryl methyl sites for hydroxylation is 1. The molecule has 0 saturated carbocycles. The maximum Gasteiger partial charge on any atom is 0.363 e. The summed E-state index contributed by atoms with van der Waals surface area (Å²) in [5.41, 5.74) is 1.67. The van der Waals surface area contributed by atoms with E-state index in [4.69, 9.17) is 4.74 Å². The lowest BCUT2D eigenvalue weighted by molar-refractivity contribution is -0.757. The van der Waals surface area contributed by atoms with Crippen molar-refractivity contribution in [2.75, 3.05) is 7.11 Å². The van der Waals surface area contributed by atoms with Gasteiger partial charge in [0.1, 0.15) is 5.75 Å². The summed E-state index contributed by atoms with van der Waals surface area (Å²) in [6, 6.07) is 7.35. The number of hydrogen-bond acceptors (Lipinski definition) is 3. The van der Waals surface area contributed by atoms with Gasteiger partial charge in [0, 0.05) is 12.0 Å². The van der Waals surface area contributed by atoms with E-state index in [0.29, 0.717) is 5.69 Å². The molecule has 1 aromatic heterocycles. The van der Waals surface area contributed by atoms with Crippen molar-refractivity contribution >= 4 is 5.69 Å². The first-order chi connectivity index (χ1) is 9.20. The molecule has 0 amide bonds. The largest absolute Gasteiger partial charge is 0.497 e. The van der Waals surface area contributed by atoms with Gasteiger partial charge in [0.2, 0.25) is 0 Å². The van der Waals surface area contributed by atoms with E-state index >= 15 is 0 Å². The second kappa shape index (κ2) is 4.38. The first kappa shape index (κ1) is 11.7. The second-order valence-corrected chi connectivity index (χ2v) is 4.49. The molecule has 2 heterocycles. The van der Waals surface area contributed by atoms with Crippen molar-refractivity contribution in [2.24, 2.45) is 0 Å². The van der Waals surface area contributed by atoms with E-state index < -0.39 is 0 Å². The molecule has 0 aliphatic carbocycles. The van der Waals surface area contributed by atoms with Crippen LogP contribution in [0.1, 0.15) is 6.42 Å². The summed E-state index contributed by atoms with van der Waals surface area (Å²) < 4.78 is 9.00. The van der Waals surface area contributed by atoms with Crippen LogP contribution in [0.4, 0.5) is 5.69 Å². The Morgan fingerprint density at radius 2 is 2.11 bits per heavy atom. The fraction of sp³-hybridized carbons (Fsp3) is 0.308. The number of hydrogen-bond donors (Lipinski definition) is 0. The lowest BCUT2D eigenvalue weighted by Crippen LogP contribution is -2.36. The summed E-state index contributed by atoms with van der Waals surface area (Å²) in [5.74, 6) is 0.743. The number of ether oxygens (including phenoxy) is 1. The fourth-order valence-electron chi connectivity index (χ4n) is 2.52. The van der Waals surface area contributed by atoms with Crippen LogP contribution in [0.15, 0.2) is 30.5 Å². The van der Waals surface area contributed by atoms with Crippen LogP contribution < -0.4 is 9.42 Å². The molecule has 0 bridgehead atoms. The van der Waals surface area contributed by atoms with Gasteiger partial charge in [-0.05, 0) is 24.3 Å². The van der Waals surface area contributed by atoms with Gasteiger partial charge < -0.3 is 4.74 Å². The number of rotatable bonds is 3. The average molecular weight is 260 g/mol. The molecule has 0 fully saturated rings. The molecule has 0 N–H and O–H groups in total. The van der Waals surface area contributed by atoms with Crippen molar-refractivity contribution in [3.05, 3.63) is 40.6 Å². The monoisotopic (exact) mass is 260 g/mol. The number of fused-ring (bicyclic) bond motifs is 1. The lowest BCUT2D eigenvalue weighted by atomic mass is 10.1. The van der Waals surface area contributed by atoms with Crippen LogP contribution in [0.25, 0.3) is 11.3 Å². The summed E-state index contributed by atoms with van der Waals surface area (Å²) in [4.78, 5) is 10.9. The Bertz CT molecular complexity index is 631. The van der Waals surface area contributed by atoms with Crippen molar-refractivity contribution in [3.8, 4) is 17.0 Å². The second-order valence-electron chi connectivity index (χ2n) is 4.49. The maximum atomic E-state index is 11.2. The summed E-state index contributed by atoms with van der Waals surface area (Å²) in [6.07, 6.45) is 2.63. The van der Waals surface area contributed by atoms with Gasteiger partial charge in [0.25, 0.3) is 6.20 Å². The lowest BCUT2D eigenvalue weighted by Gasteiger charge is -2.02. The number of methoxy groups -OCH3 is 1. The van der Waals surface area contributed by atoms with E-state index in [1.165, 1.54) is 0 Å². The predicted molar refractivity (Wildman–Crippen MR) is 67.9 cm³/mol. The minimum Gasteiger partial charge on any atom is -0.497 e. The van der Waals surface area contributed by atoms with Gasteiger partial charge >= 0.3 is 5.69 Å². The van der Waals surface area contributed by atoms with Crippen molar-refractivity contribution < 1.29 is 14.3 Å². The van der Waals surface area contributed by atoms with Crippen LogP contribution >= 0.6 is 0 Å². The molecule has 0 radical (unpaired) electrons. The topological polar surface area (TPSA) is 61.2 Å². The van der Waals surface area contributed by atoms with E-state index in [1.54, 1.807) is 13.3 Å². The third-order valence-electron chi connectivity index (χ3n) is 3.40. The molecule has 3 rings (SSSR count). The number of nitro groups is 1. The Hall–Kier alpha value is -2.37. The smallest absolute Gasteiger partial charge is 0.363 e. The summed E-state index contributed by atoms with van der Waals surface area (Å²) in [7, 11) is 1.60. The van der Waals surface area contributed by atoms with Crippen LogP contribution in [0.2, 0.25) is 0 Å². The predicted octanol–water partition coefficient (Wildman–Crippen LogP) is 1.76. The zero-order chi connectivity index (χ0) is 13.4. The molecule has 2 aromatic rings. The molecule has 1 aliphatic heterocycles. The number of benzene rings is 1. The molecule has 0 spiro atoms. The molecule has 1 aromatic carbocycles. The van der Waals surface area contributed by atoms with Gasteiger partial charge in [0.05, 0.1) is 18.6 Å². The highest BCUT2D eigenvalue weighted by Crippen LogP contribution is 2.31. The third-order valence-corrected chi connectivity index (χ3v) is 3.40. The van der Waals surface area contributed by atoms with E-state index in [9.17, 15) is 10.1 Å². The van der Waals surface area contributed by atoms with Crippen LogP contribution in [0.3, 0.4) is 0 Å². The van der Waals surface area contributed by atoms with Gasteiger partial charge in [0.15, 0.2) is 12.2 Å². The Morgan fingerprint density at radius 1 is 1.37 bits per heavy atom. The third kappa shape index (κ3) is 1.85. The first-order valence-electron chi connectivity index (χ1n) is 6.13. The van der Waals surface area contributed by atoms with Crippen LogP contribution in [-0.4, -0.2) is 16.7 Å². The Labute approximate surface area is 110 Å². The molecule has 0 unspecified atom stereocenters. The molecule has 0 atom stereocenters. The number of aromatic nitrogens is 2. The van der Waals surface area contributed by atoms with Gasteiger partial charge in [-0.2, -0.15) is 0 Å². The average Bonchev–Trinajstić information content (AvgIpc) is 2.98. The standard InChI is InChI=1S/C13H14N3O3/c1-19-11-5-3-10(4-6-11)13-12(16(17)18)9-14-7-2-8-15(13)14/h3-6,9H,2,7-8H2,1H3/q+1. The SMILES string of the molecule is COc1ccc(-c2c([N+](=O)[O-])c[n+]3n2CCC3)cc1. The summed E-state index contributed by atoms with van der Waals surface area (Å²) in [5, 5.41) is 11.2. The molecule has 6 nitrogen and oxygen atoms in total. The molecule has 0 saturated heterocycles. The van der Waals surface area contributed by atoms with E-state index in [0.717, 1.165) is 30.8 Å². The molecular formula is C13H14N3O3+. The molecule has 1 aliphatic rings. The van der Waals surface area contributed by atoms with Gasteiger partial charge in [-0.3, -0.25) is 10.1 Å². The zero-order valence-corrected chi connectivity index (χ0v) is 10.6. The summed E-state index contributed by atoms with van der Waals surface area (Å²) in [6.45, 7) is 1.65. The molecular weight excluding hydrogens is 246 g/mol. The van der Waals surface area contributed by atoms with Crippen molar-refractivity contribution in [1.29, 1.82) is 0 Å². The minimum absolute atomic E-state index is 0.157. The molecule has 19 heavy (non-hydrogen) atoms. The van der Waals surface area contributed by atoms with Crippen molar-refractivity contribution in [3.63, 3.8) is 0 Å². The van der Waals surface area contributed by atoms with Crippen LogP contribution in [-0.2, 0) is 13.1 Å². The highest BCUT2D eigenvalue weighted by atomic mass is 16.6. The van der Waals surface area contributed by atoms with Crippen LogP contribution in [0.5, 0.6) is 5.75 Å². The van der Waals surface area contributed by atoms with E-state index in [-0.39, 0.29) is 10.6 Å². The highest BCUT2D eigenvalue weighted by Gasteiger charge is 2.33. The first-order valence-corrected chi connectivity index (χ1v) is 6.13. The number of nitrogens with zero attached hydrogens (tertiary/aromatic N) is 3. The van der Waals surface area contributed by atoms with E-state index in [1.807, 2.05) is 33.6 Å². The van der Waals surface area contributed by atoms with Gasteiger partial charge in [-0.25, -0.2) is 0 Å². The quantitative estimate of drug-likeness (QED) is 0.480. The fourth-order valence-corrected chi connectivity index (χ4v) is 2.52. The minimum atomic E-state index is -0.322. The Morgan fingerprint density at radius 3 is 2.74 bits per heavy atom. The van der Waals surface area contributed by atoms with Gasteiger partial charge in [-0.1, -0.05) is 0 Å². The van der Waals surface area contributed by atoms with Crippen molar-refractivity contribution in [2.45, 2.75) is 19.5 Å².